The minimum Gasteiger partial charge on any atom is -0.399 e. The van der Waals surface area contributed by atoms with E-state index in [1.165, 1.54) is 0 Å². The summed E-state index contributed by atoms with van der Waals surface area (Å²) in [5, 5.41) is 9.09. The zero-order valence-electron chi connectivity index (χ0n) is 13.0. The second-order valence-corrected chi connectivity index (χ2v) is 6.38. The van der Waals surface area contributed by atoms with Gasteiger partial charge in [0, 0.05) is 17.9 Å². The van der Waals surface area contributed by atoms with Gasteiger partial charge in [0.25, 0.3) is 0 Å². The van der Waals surface area contributed by atoms with Crippen LogP contribution in [0.2, 0.25) is 0 Å². The monoisotopic (exact) mass is 272 g/mol. The van der Waals surface area contributed by atoms with Crippen molar-refractivity contribution >= 4 is 12.6 Å². The highest BCUT2D eigenvalue weighted by molar-refractivity contribution is 6.62. The summed E-state index contributed by atoms with van der Waals surface area (Å²) in [6.45, 7) is 12.0. The maximum absolute atomic E-state index is 9.09. The third kappa shape index (κ3) is 2.34. The van der Waals surface area contributed by atoms with Crippen molar-refractivity contribution in [3.8, 4) is 6.07 Å². The van der Waals surface area contributed by atoms with Gasteiger partial charge in [-0.25, -0.2) is 0 Å². The molecule has 20 heavy (non-hydrogen) atoms. The standard InChI is InChI=1S/C15H21BN2O2/c1-10(7-17)12-8-18-9-13(11(12)2)16-19-14(3,4)15(5,6)20-16/h8-10H,1-6H3. The van der Waals surface area contributed by atoms with Crippen LogP contribution >= 0.6 is 0 Å². The highest BCUT2D eigenvalue weighted by Gasteiger charge is 2.52. The number of hydrogen-bond acceptors (Lipinski definition) is 4. The smallest absolute Gasteiger partial charge is 0.399 e. The predicted molar refractivity (Wildman–Crippen MR) is 78.7 cm³/mol. The fourth-order valence-corrected chi connectivity index (χ4v) is 2.27. The highest BCUT2D eigenvalue weighted by Crippen LogP contribution is 2.36. The third-order valence-electron chi connectivity index (χ3n) is 4.46. The molecule has 1 unspecified atom stereocenters. The molecule has 0 amide bonds. The summed E-state index contributed by atoms with van der Waals surface area (Å²) in [5.41, 5.74) is 2.11. The third-order valence-corrected chi connectivity index (χ3v) is 4.46. The molecule has 0 spiro atoms. The van der Waals surface area contributed by atoms with E-state index in [1.54, 1.807) is 12.4 Å². The average molecular weight is 272 g/mol. The van der Waals surface area contributed by atoms with Crippen LogP contribution in [0.4, 0.5) is 0 Å². The van der Waals surface area contributed by atoms with E-state index >= 15 is 0 Å². The van der Waals surface area contributed by atoms with Gasteiger partial charge in [-0.3, -0.25) is 4.98 Å². The second-order valence-electron chi connectivity index (χ2n) is 6.38. The van der Waals surface area contributed by atoms with E-state index in [4.69, 9.17) is 14.6 Å². The Kier molecular flexibility index (Phi) is 3.66. The molecule has 1 fully saturated rings. The minimum atomic E-state index is -0.432. The number of rotatable bonds is 2. The minimum absolute atomic E-state index is 0.190. The van der Waals surface area contributed by atoms with Crippen LogP contribution in [0.1, 0.15) is 51.7 Å². The van der Waals surface area contributed by atoms with E-state index in [9.17, 15) is 0 Å². The lowest BCUT2D eigenvalue weighted by atomic mass is 9.75. The number of pyridine rings is 1. The maximum atomic E-state index is 9.09. The predicted octanol–water partition coefficient (Wildman–Crippen LogP) is 2.32. The van der Waals surface area contributed by atoms with Crippen LogP contribution in [0.15, 0.2) is 12.4 Å². The Hall–Kier alpha value is -1.38. The van der Waals surface area contributed by atoms with Gasteiger partial charge in [0.05, 0.1) is 23.2 Å². The van der Waals surface area contributed by atoms with Crippen molar-refractivity contribution in [2.24, 2.45) is 0 Å². The Morgan fingerprint density at radius 1 is 1.20 bits per heavy atom. The van der Waals surface area contributed by atoms with Crippen LogP contribution in [-0.4, -0.2) is 23.3 Å². The molecule has 1 aliphatic rings. The largest absolute Gasteiger partial charge is 0.496 e. The first-order valence-electron chi connectivity index (χ1n) is 6.89. The first kappa shape index (κ1) is 15.0. The number of aromatic nitrogens is 1. The van der Waals surface area contributed by atoms with Crippen molar-refractivity contribution in [1.29, 1.82) is 5.26 Å². The molecule has 0 N–H and O–H groups in total. The van der Waals surface area contributed by atoms with Gasteiger partial charge in [-0.2, -0.15) is 5.26 Å². The molecule has 0 radical (unpaired) electrons. The van der Waals surface area contributed by atoms with Gasteiger partial charge < -0.3 is 9.31 Å². The van der Waals surface area contributed by atoms with Crippen molar-refractivity contribution in [1.82, 2.24) is 4.98 Å². The molecule has 2 rings (SSSR count). The van der Waals surface area contributed by atoms with Crippen molar-refractivity contribution in [2.45, 2.75) is 58.7 Å². The molecule has 1 aromatic heterocycles. The molecule has 0 aliphatic carbocycles. The van der Waals surface area contributed by atoms with E-state index in [2.05, 4.69) is 11.1 Å². The van der Waals surface area contributed by atoms with E-state index in [1.807, 2.05) is 41.5 Å². The number of nitriles is 1. The summed E-state index contributed by atoms with van der Waals surface area (Å²) in [7, 11) is -0.432. The Morgan fingerprint density at radius 2 is 1.75 bits per heavy atom. The Labute approximate surface area is 121 Å². The van der Waals surface area contributed by atoms with Crippen LogP contribution in [0.3, 0.4) is 0 Å². The molecule has 0 bridgehead atoms. The van der Waals surface area contributed by atoms with Crippen LogP contribution in [0, 0.1) is 18.3 Å². The normalized spacial score (nSPS) is 21.6. The second kappa shape index (κ2) is 4.87. The quantitative estimate of drug-likeness (QED) is 0.775. The van der Waals surface area contributed by atoms with Gasteiger partial charge >= 0.3 is 7.12 Å². The Balaban J connectivity index is 2.39. The van der Waals surface area contributed by atoms with Gasteiger partial charge in [-0.15, -0.1) is 0 Å². The number of nitrogens with zero attached hydrogens (tertiary/aromatic N) is 2. The topological polar surface area (TPSA) is 55.1 Å². The fraction of sp³-hybridized carbons (Fsp3) is 0.600. The Morgan fingerprint density at radius 3 is 2.25 bits per heavy atom. The zero-order valence-corrected chi connectivity index (χ0v) is 13.0. The molecular weight excluding hydrogens is 251 g/mol. The van der Waals surface area contributed by atoms with Crippen molar-refractivity contribution in [2.75, 3.05) is 0 Å². The van der Waals surface area contributed by atoms with Gasteiger partial charge in [-0.05, 0) is 52.7 Å². The van der Waals surface area contributed by atoms with Crippen LogP contribution in [-0.2, 0) is 9.31 Å². The van der Waals surface area contributed by atoms with E-state index in [0.29, 0.717) is 0 Å². The molecule has 2 heterocycles. The zero-order chi connectivity index (χ0) is 15.1. The highest BCUT2D eigenvalue weighted by atomic mass is 16.7. The van der Waals surface area contributed by atoms with E-state index < -0.39 is 7.12 Å². The summed E-state index contributed by atoms with van der Waals surface area (Å²) in [5.74, 6) is -0.190. The van der Waals surface area contributed by atoms with Gasteiger partial charge in [-0.1, -0.05) is 0 Å². The summed E-state index contributed by atoms with van der Waals surface area (Å²) in [6, 6.07) is 2.25. The van der Waals surface area contributed by atoms with Crippen molar-refractivity contribution < 1.29 is 9.31 Å². The molecular formula is C15H21BN2O2. The maximum Gasteiger partial charge on any atom is 0.496 e. The number of hydrogen-bond donors (Lipinski definition) is 0. The summed E-state index contributed by atoms with van der Waals surface area (Å²) >= 11 is 0. The molecule has 106 valence electrons. The van der Waals surface area contributed by atoms with E-state index in [0.717, 1.165) is 16.6 Å². The molecule has 1 saturated heterocycles. The van der Waals surface area contributed by atoms with Gasteiger partial charge in [0.15, 0.2) is 0 Å². The molecule has 5 heteroatoms. The summed E-state index contributed by atoms with van der Waals surface area (Å²) in [6.07, 6.45) is 3.52. The van der Waals surface area contributed by atoms with Crippen molar-refractivity contribution in [3.63, 3.8) is 0 Å². The van der Waals surface area contributed by atoms with Crippen LogP contribution < -0.4 is 5.46 Å². The summed E-state index contributed by atoms with van der Waals surface area (Å²) < 4.78 is 12.1. The molecule has 1 aliphatic heterocycles. The van der Waals surface area contributed by atoms with E-state index in [-0.39, 0.29) is 17.1 Å². The summed E-state index contributed by atoms with van der Waals surface area (Å²) in [4.78, 5) is 4.24. The first-order chi connectivity index (χ1) is 9.19. The lowest BCUT2D eigenvalue weighted by Crippen LogP contribution is -2.41. The van der Waals surface area contributed by atoms with Gasteiger partial charge in [0.2, 0.25) is 0 Å². The lowest BCUT2D eigenvalue weighted by Gasteiger charge is -2.32. The molecule has 0 aromatic carbocycles. The molecule has 1 aromatic rings. The average Bonchev–Trinajstić information content (AvgIpc) is 2.57. The first-order valence-corrected chi connectivity index (χ1v) is 6.89. The molecule has 4 nitrogen and oxygen atoms in total. The molecule has 0 saturated carbocycles. The van der Waals surface area contributed by atoms with Crippen LogP contribution in [0.5, 0.6) is 0 Å². The molecule has 1 atom stereocenters. The SMILES string of the molecule is Cc1c(B2OC(C)(C)C(C)(C)O2)cncc1C(C)C#N. The van der Waals surface area contributed by atoms with Gasteiger partial charge in [0.1, 0.15) is 0 Å². The van der Waals surface area contributed by atoms with Crippen molar-refractivity contribution in [3.05, 3.63) is 23.5 Å². The van der Waals surface area contributed by atoms with Crippen LogP contribution in [0.25, 0.3) is 0 Å². The Bertz CT molecular complexity index is 547. The lowest BCUT2D eigenvalue weighted by molar-refractivity contribution is 0.00578. The fourth-order valence-electron chi connectivity index (χ4n) is 2.27.